The first-order chi connectivity index (χ1) is 18.7. The number of aromatic nitrogens is 1. The third-order valence-electron chi connectivity index (χ3n) is 6.06. The number of likely N-dealkylation sites (tertiary alicyclic amines) is 1. The predicted octanol–water partition coefficient (Wildman–Crippen LogP) is 4.27. The third kappa shape index (κ3) is 8.14. The number of nitrogens with one attached hydrogen (secondary N) is 2. The van der Waals surface area contributed by atoms with E-state index in [0.29, 0.717) is 10.6 Å². The summed E-state index contributed by atoms with van der Waals surface area (Å²) >= 11 is 1.15. The Hall–Kier alpha value is -3.24. The predicted molar refractivity (Wildman–Crippen MR) is 136 cm³/mol. The molecule has 2 aliphatic rings. The minimum atomic E-state index is -3.74. The van der Waals surface area contributed by atoms with E-state index in [1.165, 1.54) is 30.5 Å². The maximum Gasteiger partial charge on any atom is 0.586 e. The average Bonchev–Trinajstić information content (AvgIpc) is 3.20. The lowest BCUT2D eigenvalue weighted by Gasteiger charge is -2.35. The molecule has 9 nitrogen and oxygen atoms in total. The number of aromatic amines is 1. The van der Waals surface area contributed by atoms with Gasteiger partial charge in [-0.3, -0.25) is 19.5 Å². The number of nitrogens with two attached hydrogens (primary N) is 1. The molecule has 1 amide bonds. The second-order valence-electron chi connectivity index (χ2n) is 8.80. The van der Waals surface area contributed by atoms with E-state index < -0.39 is 36.3 Å². The second-order valence-corrected chi connectivity index (χ2v) is 9.82. The van der Waals surface area contributed by atoms with Crippen LogP contribution < -0.4 is 26.1 Å². The van der Waals surface area contributed by atoms with Gasteiger partial charge in [0, 0.05) is 54.7 Å². The molecule has 220 valence electrons. The van der Waals surface area contributed by atoms with Crippen LogP contribution in [0.2, 0.25) is 0 Å². The highest BCUT2D eigenvalue weighted by Crippen LogP contribution is 2.46. The number of alkyl halides is 6. The summed E-state index contributed by atoms with van der Waals surface area (Å²) < 4.78 is 85.6. The number of piperidine rings is 1. The van der Waals surface area contributed by atoms with Gasteiger partial charge in [0.2, 0.25) is 5.91 Å². The Balaban J connectivity index is 0.000000307. The maximum atomic E-state index is 13.2. The quantitative estimate of drug-likeness (QED) is 0.180. The first-order valence-electron chi connectivity index (χ1n) is 11.9. The van der Waals surface area contributed by atoms with Crippen LogP contribution in [0.25, 0.3) is 0 Å². The highest BCUT2D eigenvalue weighted by atomic mass is 32.2. The minimum Gasteiger partial charge on any atom is -0.395 e. The number of rotatable bonds is 8. The van der Waals surface area contributed by atoms with E-state index in [0.717, 1.165) is 11.8 Å². The molecular weight excluding hydrogens is 568 g/mol. The number of benzene rings is 1. The molecule has 3 heterocycles. The molecule has 2 atom stereocenters. The summed E-state index contributed by atoms with van der Waals surface area (Å²) in [6, 6.07) is 3.31. The molecule has 0 aliphatic carbocycles. The number of pyridine rings is 1. The lowest BCUT2D eigenvalue weighted by atomic mass is 10.1. The number of carbonyl (C=O) groups excluding carboxylic acids is 1. The largest absolute Gasteiger partial charge is 0.586 e. The van der Waals surface area contributed by atoms with E-state index in [9.17, 15) is 35.9 Å². The Morgan fingerprint density at radius 1 is 1.23 bits per heavy atom. The van der Waals surface area contributed by atoms with Crippen molar-refractivity contribution >= 4 is 30.1 Å². The summed E-state index contributed by atoms with van der Waals surface area (Å²) in [6.07, 6.45) is -5.62. The van der Waals surface area contributed by atoms with Gasteiger partial charge in [-0.25, -0.2) is 17.6 Å². The number of ether oxygens (including phenoxy) is 2. The van der Waals surface area contributed by atoms with Crippen molar-refractivity contribution < 1.29 is 40.6 Å². The number of hydrogen-bond acceptors (Lipinski definition) is 8. The highest BCUT2D eigenvalue weighted by molar-refractivity contribution is 7.99. The zero-order valence-corrected chi connectivity index (χ0v) is 22.0. The van der Waals surface area contributed by atoms with Gasteiger partial charge in [-0.15, -0.1) is 20.5 Å². The molecule has 1 saturated heterocycles. The number of aliphatic imine (C=N–C) groups is 1. The van der Waals surface area contributed by atoms with Gasteiger partial charge < -0.3 is 25.5 Å². The number of amides is 1. The summed E-state index contributed by atoms with van der Waals surface area (Å²) in [6.45, 7) is 5.35. The minimum absolute atomic E-state index is 0.0903. The standard InChI is InChI=1S/C17H19F4N3O3S.C7H8F2N2O/c1-10(24-5-3-16(18,19)4-6-24)15(25)23-9-28-14-8-13-12(7-11(14)22-2)26-17(20,21)27-13;8-6(9)5(10)4-2-1-3-11-7(4)12/h7-8,10H,2-6,9H2,1H3,(H,23,25);1-3,5-6H,10H2,(H,11,12). The van der Waals surface area contributed by atoms with Crippen molar-refractivity contribution in [3.8, 4) is 11.5 Å². The van der Waals surface area contributed by atoms with Gasteiger partial charge in [-0.05, 0) is 19.7 Å². The van der Waals surface area contributed by atoms with Crippen molar-refractivity contribution in [3.05, 3.63) is 46.4 Å². The van der Waals surface area contributed by atoms with Gasteiger partial charge in [-0.2, -0.15) is 0 Å². The Kier molecular flexibility index (Phi) is 10.1. The molecule has 0 saturated carbocycles. The third-order valence-corrected chi connectivity index (χ3v) is 6.99. The monoisotopic (exact) mass is 595 g/mol. The van der Waals surface area contributed by atoms with Crippen LogP contribution in [0.4, 0.5) is 32.0 Å². The van der Waals surface area contributed by atoms with Crippen molar-refractivity contribution in [2.75, 3.05) is 19.0 Å². The molecule has 0 spiro atoms. The fourth-order valence-electron chi connectivity index (χ4n) is 3.78. The normalized spacial score (nSPS) is 18.8. The number of nitrogens with zero attached hydrogens (tertiary/aromatic N) is 2. The fourth-order valence-corrected chi connectivity index (χ4v) is 4.61. The van der Waals surface area contributed by atoms with Crippen molar-refractivity contribution in [2.24, 2.45) is 10.7 Å². The lowest BCUT2D eigenvalue weighted by molar-refractivity contribution is -0.286. The van der Waals surface area contributed by atoms with Crippen LogP contribution in [0.3, 0.4) is 0 Å². The molecule has 1 aromatic carbocycles. The molecule has 1 aromatic heterocycles. The Labute approximate surface area is 229 Å². The van der Waals surface area contributed by atoms with Crippen LogP contribution in [0.5, 0.6) is 11.5 Å². The van der Waals surface area contributed by atoms with Crippen LogP contribution in [0, 0.1) is 0 Å². The van der Waals surface area contributed by atoms with E-state index >= 15 is 0 Å². The van der Waals surface area contributed by atoms with Gasteiger partial charge in [0.25, 0.3) is 17.9 Å². The average molecular weight is 596 g/mol. The Morgan fingerprint density at radius 2 is 1.85 bits per heavy atom. The van der Waals surface area contributed by atoms with Gasteiger partial charge in [0.1, 0.15) is 0 Å². The number of hydrogen-bond donors (Lipinski definition) is 3. The smallest absolute Gasteiger partial charge is 0.395 e. The van der Waals surface area contributed by atoms with Gasteiger partial charge >= 0.3 is 6.29 Å². The van der Waals surface area contributed by atoms with Crippen LogP contribution >= 0.6 is 11.8 Å². The fraction of sp³-hybridized carbons (Fsp3) is 0.458. The number of H-pyrrole nitrogens is 1. The van der Waals surface area contributed by atoms with Crippen molar-refractivity contribution in [2.45, 2.75) is 55.4 Å². The zero-order valence-electron chi connectivity index (χ0n) is 21.1. The van der Waals surface area contributed by atoms with Crippen LogP contribution in [-0.4, -0.2) is 66.2 Å². The number of carbonyl (C=O) groups is 1. The van der Waals surface area contributed by atoms with Crippen LogP contribution in [0.1, 0.15) is 31.4 Å². The molecule has 4 rings (SSSR count). The number of fused-ring (bicyclic) bond motifs is 1. The van der Waals surface area contributed by atoms with Gasteiger partial charge in [0.05, 0.1) is 23.6 Å². The molecule has 1 fully saturated rings. The lowest BCUT2D eigenvalue weighted by Crippen LogP contribution is -2.50. The SMILES string of the molecule is C=Nc1cc2c(cc1SCNC(=O)C(C)N1CCC(F)(F)CC1)OC(F)(F)O2.NC(c1ccc[nH]c1=O)C(F)F. The summed E-state index contributed by atoms with van der Waals surface area (Å²) in [7, 11) is 0. The van der Waals surface area contributed by atoms with Crippen molar-refractivity contribution in [1.29, 1.82) is 0 Å². The topological polar surface area (TPSA) is 122 Å². The van der Waals surface area contributed by atoms with Gasteiger partial charge in [0.15, 0.2) is 11.5 Å². The van der Waals surface area contributed by atoms with Crippen molar-refractivity contribution in [1.82, 2.24) is 15.2 Å². The molecule has 0 radical (unpaired) electrons. The first kappa shape index (κ1) is 31.3. The summed E-state index contributed by atoms with van der Waals surface area (Å²) in [4.78, 5) is 31.4. The molecule has 4 N–H and O–H groups in total. The van der Waals surface area contributed by atoms with E-state index in [1.807, 2.05) is 0 Å². The van der Waals surface area contributed by atoms with E-state index in [-0.39, 0.29) is 54.8 Å². The number of thioether (sulfide) groups is 1. The van der Waals surface area contributed by atoms with E-state index in [2.05, 4.69) is 31.5 Å². The Bertz CT molecular complexity index is 1250. The Morgan fingerprint density at radius 3 is 2.42 bits per heavy atom. The summed E-state index contributed by atoms with van der Waals surface area (Å²) in [5.41, 5.74) is 4.72. The maximum absolute atomic E-state index is 13.2. The van der Waals surface area contributed by atoms with Gasteiger partial charge in [-0.1, -0.05) is 6.07 Å². The molecule has 0 bridgehead atoms. The van der Waals surface area contributed by atoms with E-state index in [4.69, 9.17) is 5.73 Å². The second kappa shape index (κ2) is 13.0. The van der Waals surface area contributed by atoms with E-state index in [1.54, 1.807) is 11.8 Å². The molecule has 40 heavy (non-hydrogen) atoms. The summed E-state index contributed by atoms with van der Waals surface area (Å²) in [5.74, 6) is -3.12. The first-order valence-corrected chi connectivity index (χ1v) is 12.9. The van der Waals surface area contributed by atoms with Crippen LogP contribution in [-0.2, 0) is 4.79 Å². The molecule has 2 aromatic rings. The molecule has 16 heteroatoms. The molecular formula is C24H27F6N5O4S. The molecule has 2 unspecified atom stereocenters. The highest BCUT2D eigenvalue weighted by Gasteiger charge is 2.44. The zero-order chi connectivity index (χ0) is 29.7. The van der Waals surface area contributed by atoms with Crippen molar-refractivity contribution in [3.63, 3.8) is 0 Å². The summed E-state index contributed by atoms with van der Waals surface area (Å²) in [5, 5.41) is 2.70. The van der Waals surface area contributed by atoms with Crippen LogP contribution in [0.15, 0.2) is 45.1 Å². The number of halogens is 6. The molecule has 2 aliphatic heterocycles.